The fourth-order valence-electron chi connectivity index (χ4n) is 2.56. The van der Waals surface area contributed by atoms with Gasteiger partial charge < -0.3 is 15.7 Å². The minimum absolute atomic E-state index is 0.0370. The lowest BCUT2D eigenvalue weighted by Gasteiger charge is -2.26. The number of benzene rings is 2. The Labute approximate surface area is 131 Å². The summed E-state index contributed by atoms with van der Waals surface area (Å²) in [6, 6.07) is 12.7. The Kier molecular flexibility index (Phi) is 3.94. The van der Waals surface area contributed by atoms with E-state index < -0.39 is 6.04 Å². The zero-order valence-electron chi connectivity index (χ0n) is 11.3. The number of fused-ring (bicyclic) bond motifs is 1. The summed E-state index contributed by atoms with van der Waals surface area (Å²) in [5, 5.41) is 16.0. The molecule has 0 spiro atoms. The molecule has 1 aliphatic heterocycles. The molecule has 108 valence electrons. The average molecular weight is 347 g/mol. The SMILES string of the molecule is O=C(Nc1cccc(Br)c1O)C1NCCc2ccccc21. The van der Waals surface area contributed by atoms with Crippen LogP contribution in [0.3, 0.4) is 0 Å². The lowest BCUT2D eigenvalue weighted by atomic mass is 9.94. The second-order valence-electron chi connectivity index (χ2n) is 4.96. The Bertz CT molecular complexity index is 688. The monoisotopic (exact) mass is 346 g/mol. The summed E-state index contributed by atoms with van der Waals surface area (Å²) >= 11 is 3.24. The zero-order valence-corrected chi connectivity index (χ0v) is 12.9. The van der Waals surface area contributed by atoms with Gasteiger partial charge >= 0.3 is 0 Å². The third-order valence-electron chi connectivity index (χ3n) is 3.62. The first-order valence-electron chi connectivity index (χ1n) is 6.76. The maximum absolute atomic E-state index is 12.5. The largest absolute Gasteiger partial charge is 0.505 e. The number of carbonyl (C=O) groups is 1. The predicted molar refractivity (Wildman–Crippen MR) is 85.3 cm³/mol. The van der Waals surface area contributed by atoms with E-state index in [0.717, 1.165) is 18.5 Å². The molecule has 3 rings (SSSR count). The summed E-state index contributed by atoms with van der Waals surface area (Å²) in [5.41, 5.74) is 2.59. The Morgan fingerprint density at radius 1 is 1.24 bits per heavy atom. The number of anilines is 1. The van der Waals surface area contributed by atoms with Gasteiger partial charge in [0.2, 0.25) is 5.91 Å². The highest BCUT2D eigenvalue weighted by Crippen LogP contribution is 2.32. The summed E-state index contributed by atoms with van der Waals surface area (Å²) in [6.07, 6.45) is 0.919. The third kappa shape index (κ3) is 2.80. The normalized spacial score (nSPS) is 17.1. The molecule has 1 atom stereocenters. The molecule has 1 heterocycles. The van der Waals surface area contributed by atoms with Crippen LogP contribution in [0, 0.1) is 0 Å². The maximum Gasteiger partial charge on any atom is 0.246 e. The molecule has 21 heavy (non-hydrogen) atoms. The van der Waals surface area contributed by atoms with Crippen molar-refractivity contribution in [3.8, 4) is 5.75 Å². The standard InChI is InChI=1S/C16H15BrN2O2/c17-12-6-3-7-13(15(12)20)19-16(21)14-11-5-2-1-4-10(11)8-9-18-14/h1-7,14,18,20H,8-9H2,(H,19,21). The van der Waals surface area contributed by atoms with Crippen molar-refractivity contribution in [3.63, 3.8) is 0 Å². The molecule has 0 saturated carbocycles. The number of carbonyl (C=O) groups excluding carboxylic acids is 1. The van der Waals surface area contributed by atoms with Crippen LogP contribution < -0.4 is 10.6 Å². The first kappa shape index (κ1) is 14.1. The Hall–Kier alpha value is -1.85. The van der Waals surface area contributed by atoms with Crippen LogP contribution in [-0.2, 0) is 11.2 Å². The molecular weight excluding hydrogens is 332 g/mol. The first-order chi connectivity index (χ1) is 10.2. The number of amides is 1. The molecule has 0 saturated heterocycles. The number of halogens is 1. The quantitative estimate of drug-likeness (QED) is 0.732. The van der Waals surface area contributed by atoms with Crippen molar-refractivity contribution in [3.05, 3.63) is 58.1 Å². The molecule has 1 aliphatic rings. The van der Waals surface area contributed by atoms with Gasteiger partial charge in [-0.25, -0.2) is 0 Å². The summed E-state index contributed by atoms with van der Waals surface area (Å²) in [4.78, 5) is 12.5. The van der Waals surface area contributed by atoms with E-state index >= 15 is 0 Å². The topological polar surface area (TPSA) is 61.4 Å². The third-order valence-corrected chi connectivity index (χ3v) is 4.26. The van der Waals surface area contributed by atoms with Gasteiger partial charge in [-0.1, -0.05) is 30.3 Å². The number of aromatic hydroxyl groups is 1. The van der Waals surface area contributed by atoms with Gasteiger partial charge in [0.25, 0.3) is 0 Å². The van der Waals surface area contributed by atoms with Crippen LogP contribution in [0.1, 0.15) is 17.2 Å². The van der Waals surface area contributed by atoms with Crippen molar-refractivity contribution in [1.29, 1.82) is 0 Å². The molecule has 3 N–H and O–H groups in total. The van der Waals surface area contributed by atoms with Crippen molar-refractivity contribution in [2.75, 3.05) is 11.9 Å². The molecule has 2 aromatic rings. The lowest BCUT2D eigenvalue weighted by Crippen LogP contribution is -2.38. The molecule has 1 amide bonds. The molecule has 0 radical (unpaired) electrons. The van der Waals surface area contributed by atoms with Crippen LogP contribution in [-0.4, -0.2) is 17.6 Å². The Morgan fingerprint density at radius 2 is 2.05 bits per heavy atom. The van der Waals surface area contributed by atoms with Crippen LogP contribution in [0.5, 0.6) is 5.75 Å². The van der Waals surface area contributed by atoms with Crippen LogP contribution in [0.4, 0.5) is 5.69 Å². The van der Waals surface area contributed by atoms with E-state index in [-0.39, 0.29) is 11.7 Å². The Balaban J connectivity index is 1.85. The number of hydrogen-bond donors (Lipinski definition) is 3. The molecule has 2 aromatic carbocycles. The van der Waals surface area contributed by atoms with Gasteiger partial charge in [0.1, 0.15) is 6.04 Å². The van der Waals surface area contributed by atoms with Crippen LogP contribution in [0.2, 0.25) is 0 Å². The van der Waals surface area contributed by atoms with Gasteiger partial charge in [-0.2, -0.15) is 0 Å². The molecule has 0 aromatic heterocycles. The highest BCUT2D eigenvalue weighted by Gasteiger charge is 2.26. The van der Waals surface area contributed by atoms with Crippen molar-refractivity contribution in [2.45, 2.75) is 12.5 Å². The van der Waals surface area contributed by atoms with Gasteiger partial charge in [0.05, 0.1) is 10.2 Å². The molecule has 0 fully saturated rings. The molecule has 0 bridgehead atoms. The number of para-hydroxylation sites is 1. The van der Waals surface area contributed by atoms with E-state index in [1.807, 2.05) is 24.3 Å². The number of rotatable bonds is 2. The van der Waals surface area contributed by atoms with Crippen molar-refractivity contribution >= 4 is 27.5 Å². The highest BCUT2D eigenvalue weighted by atomic mass is 79.9. The number of hydrogen-bond acceptors (Lipinski definition) is 3. The summed E-state index contributed by atoms with van der Waals surface area (Å²) in [5.74, 6) is -0.134. The zero-order chi connectivity index (χ0) is 14.8. The van der Waals surface area contributed by atoms with Crippen molar-refractivity contribution < 1.29 is 9.90 Å². The fraction of sp³-hybridized carbons (Fsp3) is 0.188. The molecule has 5 heteroatoms. The van der Waals surface area contributed by atoms with E-state index in [0.29, 0.717) is 10.2 Å². The summed E-state index contributed by atoms with van der Waals surface area (Å²) in [6.45, 7) is 0.763. The van der Waals surface area contributed by atoms with Crippen LogP contribution >= 0.6 is 15.9 Å². The van der Waals surface area contributed by atoms with Crippen molar-refractivity contribution in [1.82, 2.24) is 5.32 Å². The first-order valence-corrected chi connectivity index (χ1v) is 7.55. The summed E-state index contributed by atoms with van der Waals surface area (Å²) in [7, 11) is 0. The van der Waals surface area contributed by atoms with Gasteiger partial charge in [-0.3, -0.25) is 4.79 Å². The maximum atomic E-state index is 12.5. The van der Waals surface area contributed by atoms with E-state index in [4.69, 9.17) is 0 Å². The summed E-state index contributed by atoms with van der Waals surface area (Å²) < 4.78 is 0.553. The van der Waals surface area contributed by atoms with Crippen LogP contribution in [0.25, 0.3) is 0 Å². The fourth-order valence-corrected chi connectivity index (χ4v) is 2.93. The predicted octanol–water partition coefficient (Wildman–Crippen LogP) is 2.98. The van der Waals surface area contributed by atoms with Gasteiger partial charge in [-0.15, -0.1) is 0 Å². The van der Waals surface area contributed by atoms with Crippen molar-refractivity contribution in [2.24, 2.45) is 0 Å². The van der Waals surface area contributed by atoms with Gasteiger partial charge in [0.15, 0.2) is 5.75 Å². The van der Waals surface area contributed by atoms with E-state index in [1.54, 1.807) is 18.2 Å². The number of nitrogens with one attached hydrogen (secondary N) is 2. The Morgan fingerprint density at radius 3 is 2.90 bits per heavy atom. The van der Waals surface area contributed by atoms with E-state index in [1.165, 1.54) is 5.56 Å². The van der Waals surface area contributed by atoms with E-state index in [9.17, 15) is 9.90 Å². The minimum Gasteiger partial charge on any atom is -0.505 e. The van der Waals surface area contributed by atoms with Gasteiger partial charge in [-0.05, 0) is 45.6 Å². The second-order valence-corrected chi connectivity index (χ2v) is 5.82. The second kappa shape index (κ2) is 5.87. The van der Waals surface area contributed by atoms with Gasteiger partial charge in [0, 0.05) is 6.54 Å². The minimum atomic E-state index is -0.395. The molecule has 4 nitrogen and oxygen atoms in total. The lowest BCUT2D eigenvalue weighted by molar-refractivity contribution is -0.118. The smallest absolute Gasteiger partial charge is 0.246 e. The highest BCUT2D eigenvalue weighted by molar-refractivity contribution is 9.10. The molecule has 0 aliphatic carbocycles. The average Bonchev–Trinajstić information content (AvgIpc) is 2.51. The molecule has 1 unspecified atom stereocenters. The number of phenols is 1. The van der Waals surface area contributed by atoms with Crippen LogP contribution in [0.15, 0.2) is 46.9 Å². The number of phenolic OH excluding ortho intramolecular Hbond substituents is 1. The van der Waals surface area contributed by atoms with E-state index in [2.05, 4.69) is 26.6 Å². The molecular formula is C16H15BrN2O2.